The molecular weight excluding hydrogens is 242 g/mol. The van der Waals surface area contributed by atoms with E-state index in [1.807, 2.05) is 31.2 Å². The largest absolute Gasteiger partial charge is 0.296 e. The Morgan fingerprint density at radius 1 is 1.26 bits per heavy atom. The number of rotatable bonds is 1. The van der Waals surface area contributed by atoms with Crippen LogP contribution < -0.4 is 10.6 Å². The number of carbonyl (C=O) groups excluding carboxylic acids is 1. The lowest BCUT2D eigenvalue weighted by molar-refractivity contribution is -0.119. The SMILES string of the molecule is Cc1nc(NC2=NCCC(=O)N2)nc2ccccc12. The van der Waals surface area contributed by atoms with Gasteiger partial charge in [-0.15, -0.1) is 0 Å². The van der Waals surface area contributed by atoms with Gasteiger partial charge >= 0.3 is 0 Å². The molecule has 0 saturated carbocycles. The summed E-state index contributed by atoms with van der Waals surface area (Å²) in [7, 11) is 0. The number of hydrogen-bond acceptors (Lipinski definition) is 5. The van der Waals surface area contributed by atoms with Gasteiger partial charge in [0.1, 0.15) is 0 Å². The first-order valence-electron chi connectivity index (χ1n) is 6.07. The third kappa shape index (κ3) is 2.37. The van der Waals surface area contributed by atoms with E-state index in [4.69, 9.17) is 0 Å². The van der Waals surface area contributed by atoms with Gasteiger partial charge in [-0.05, 0) is 13.0 Å². The molecule has 3 rings (SSSR count). The number of hydrogen-bond donors (Lipinski definition) is 2. The number of anilines is 1. The van der Waals surface area contributed by atoms with Crippen LogP contribution in [0.5, 0.6) is 0 Å². The van der Waals surface area contributed by atoms with Crippen LogP contribution in [0.1, 0.15) is 12.1 Å². The van der Waals surface area contributed by atoms with Crippen molar-refractivity contribution in [3.05, 3.63) is 30.0 Å². The van der Waals surface area contributed by atoms with Gasteiger partial charge in [0.2, 0.25) is 17.8 Å². The average molecular weight is 255 g/mol. The summed E-state index contributed by atoms with van der Waals surface area (Å²) in [5, 5.41) is 6.61. The van der Waals surface area contributed by atoms with Crippen molar-refractivity contribution in [2.75, 3.05) is 11.9 Å². The Kier molecular flexibility index (Phi) is 2.83. The van der Waals surface area contributed by atoms with Crippen molar-refractivity contribution in [2.45, 2.75) is 13.3 Å². The maximum absolute atomic E-state index is 11.3. The number of aliphatic imine (C=N–C) groups is 1. The van der Waals surface area contributed by atoms with E-state index in [1.165, 1.54) is 0 Å². The molecule has 1 aliphatic rings. The van der Waals surface area contributed by atoms with Gasteiger partial charge in [0.05, 0.1) is 17.8 Å². The van der Waals surface area contributed by atoms with Crippen LogP contribution in [-0.2, 0) is 4.79 Å². The summed E-state index contributed by atoms with van der Waals surface area (Å²) in [5.41, 5.74) is 1.75. The number of amides is 1. The second-order valence-electron chi connectivity index (χ2n) is 4.30. The molecule has 0 spiro atoms. The zero-order chi connectivity index (χ0) is 13.2. The number of guanidine groups is 1. The summed E-state index contributed by atoms with van der Waals surface area (Å²) in [5.74, 6) is 0.804. The van der Waals surface area contributed by atoms with Crippen LogP contribution in [-0.4, -0.2) is 28.4 Å². The molecule has 1 amide bonds. The van der Waals surface area contributed by atoms with E-state index in [0.717, 1.165) is 16.6 Å². The molecule has 0 saturated heterocycles. The number of fused-ring (bicyclic) bond motifs is 1. The zero-order valence-electron chi connectivity index (χ0n) is 10.5. The Morgan fingerprint density at radius 3 is 2.95 bits per heavy atom. The Hall–Kier alpha value is -2.50. The molecule has 1 aromatic carbocycles. The number of aryl methyl sites for hydroxylation is 1. The molecule has 96 valence electrons. The molecule has 6 nitrogen and oxygen atoms in total. The predicted octanol–water partition coefficient (Wildman–Crippen LogP) is 1.23. The van der Waals surface area contributed by atoms with E-state index in [1.54, 1.807) is 0 Å². The topological polar surface area (TPSA) is 79.3 Å². The third-order valence-electron chi connectivity index (χ3n) is 2.89. The van der Waals surface area contributed by atoms with Gasteiger partial charge < -0.3 is 0 Å². The Bertz CT molecular complexity index is 680. The van der Waals surface area contributed by atoms with E-state index in [-0.39, 0.29) is 5.91 Å². The highest BCUT2D eigenvalue weighted by Gasteiger charge is 2.13. The van der Waals surface area contributed by atoms with Gasteiger partial charge in [-0.2, -0.15) is 0 Å². The second kappa shape index (κ2) is 4.64. The maximum atomic E-state index is 11.3. The minimum absolute atomic E-state index is 0.0463. The van der Waals surface area contributed by atoms with E-state index in [0.29, 0.717) is 24.9 Å². The van der Waals surface area contributed by atoms with Crippen molar-refractivity contribution in [3.8, 4) is 0 Å². The van der Waals surface area contributed by atoms with Gasteiger partial charge in [0.15, 0.2) is 0 Å². The lowest BCUT2D eigenvalue weighted by Gasteiger charge is -2.14. The monoisotopic (exact) mass is 255 g/mol. The van der Waals surface area contributed by atoms with Gasteiger partial charge in [-0.1, -0.05) is 18.2 Å². The van der Waals surface area contributed by atoms with Crippen LogP contribution in [0.4, 0.5) is 5.95 Å². The average Bonchev–Trinajstić information content (AvgIpc) is 2.39. The number of carbonyl (C=O) groups is 1. The van der Waals surface area contributed by atoms with Gasteiger partial charge in [0, 0.05) is 11.8 Å². The van der Waals surface area contributed by atoms with E-state index < -0.39 is 0 Å². The number of benzene rings is 1. The fraction of sp³-hybridized carbons (Fsp3) is 0.231. The predicted molar refractivity (Wildman–Crippen MR) is 73.0 cm³/mol. The van der Waals surface area contributed by atoms with E-state index in [9.17, 15) is 4.79 Å². The van der Waals surface area contributed by atoms with Gasteiger partial charge in [-0.25, -0.2) is 9.97 Å². The Labute approximate surface area is 110 Å². The highest BCUT2D eigenvalue weighted by molar-refractivity contribution is 6.05. The highest BCUT2D eigenvalue weighted by atomic mass is 16.1. The van der Waals surface area contributed by atoms with Crippen molar-refractivity contribution in [3.63, 3.8) is 0 Å². The molecule has 1 aliphatic heterocycles. The molecule has 0 atom stereocenters. The van der Waals surface area contributed by atoms with Crippen LogP contribution in [0.15, 0.2) is 29.3 Å². The molecule has 2 N–H and O–H groups in total. The minimum Gasteiger partial charge on any atom is -0.296 e. The second-order valence-corrected chi connectivity index (χ2v) is 4.30. The number of nitrogens with one attached hydrogen (secondary N) is 2. The standard InChI is InChI=1S/C13H13N5O/c1-8-9-4-2-3-5-10(9)16-13(15-8)18-12-14-7-6-11(19)17-12/h2-5H,6-7H2,1H3,(H2,14,15,16,17,18,19). The molecule has 0 aliphatic carbocycles. The summed E-state index contributed by atoms with van der Waals surface area (Å²) >= 11 is 0. The molecule has 0 unspecified atom stereocenters. The molecular formula is C13H13N5O. The lowest BCUT2D eigenvalue weighted by atomic mass is 10.2. The summed E-state index contributed by atoms with van der Waals surface area (Å²) in [6.07, 6.45) is 0.419. The molecule has 1 aromatic heterocycles. The molecule has 0 radical (unpaired) electrons. The first-order chi connectivity index (χ1) is 9.22. The van der Waals surface area contributed by atoms with Crippen LogP contribution in [0.3, 0.4) is 0 Å². The van der Waals surface area contributed by atoms with E-state index >= 15 is 0 Å². The zero-order valence-corrected chi connectivity index (χ0v) is 10.5. The van der Waals surface area contributed by atoms with Gasteiger partial charge in [0.25, 0.3) is 0 Å². The maximum Gasteiger partial charge on any atom is 0.230 e. The normalized spacial score (nSPS) is 15.0. The minimum atomic E-state index is -0.0463. The molecule has 0 bridgehead atoms. The molecule has 0 fully saturated rings. The smallest absolute Gasteiger partial charge is 0.230 e. The van der Waals surface area contributed by atoms with E-state index in [2.05, 4.69) is 25.6 Å². The molecule has 2 heterocycles. The first kappa shape index (κ1) is 11.6. The van der Waals surface area contributed by atoms with Crippen LogP contribution in [0.2, 0.25) is 0 Å². The van der Waals surface area contributed by atoms with Crippen molar-refractivity contribution in [1.82, 2.24) is 15.3 Å². The summed E-state index contributed by atoms with van der Waals surface area (Å²) in [6, 6.07) is 7.79. The Balaban J connectivity index is 1.93. The number of nitrogens with zero attached hydrogens (tertiary/aromatic N) is 3. The van der Waals surface area contributed by atoms with Crippen LogP contribution in [0, 0.1) is 6.92 Å². The van der Waals surface area contributed by atoms with Crippen molar-refractivity contribution in [1.29, 1.82) is 0 Å². The lowest BCUT2D eigenvalue weighted by Crippen LogP contribution is -2.40. The van der Waals surface area contributed by atoms with Crippen LogP contribution >= 0.6 is 0 Å². The fourth-order valence-electron chi connectivity index (χ4n) is 1.97. The fourth-order valence-corrected chi connectivity index (χ4v) is 1.97. The quantitative estimate of drug-likeness (QED) is 0.803. The summed E-state index contributed by atoms with van der Waals surface area (Å²) in [6.45, 7) is 2.41. The number of aromatic nitrogens is 2. The Morgan fingerprint density at radius 2 is 2.11 bits per heavy atom. The summed E-state index contributed by atoms with van der Waals surface area (Å²) in [4.78, 5) is 24.2. The molecule has 6 heteroatoms. The molecule has 19 heavy (non-hydrogen) atoms. The van der Waals surface area contributed by atoms with Gasteiger partial charge in [-0.3, -0.25) is 20.4 Å². The summed E-state index contributed by atoms with van der Waals surface area (Å²) < 4.78 is 0. The first-order valence-corrected chi connectivity index (χ1v) is 6.07. The third-order valence-corrected chi connectivity index (χ3v) is 2.89. The van der Waals surface area contributed by atoms with Crippen molar-refractivity contribution in [2.24, 2.45) is 4.99 Å². The molecule has 2 aromatic rings. The van der Waals surface area contributed by atoms with Crippen LogP contribution in [0.25, 0.3) is 10.9 Å². The van der Waals surface area contributed by atoms with Crippen molar-refractivity contribution >= 4 is 28.7 Å². The van der Waals surface area contributed by atoms with Crippen molar-refractivity contribution < 1.29 is 4.79 Å². The highest BCUT2D eigenvalue weighted by Crippen LogP contribution is 2.16. The number of para-hydroxylation sites is 1.